The first kappa shape index (κ1) is 15.7. The number of nitrogens with one attached hydrogen (secondary N) is 1. The summed E-state index contributed by atoms with van der Waals surface area (Å²) in [6, 6.07) is 14.2. The Morgan fingerprint density at radius 3 is 2.88 bits per heavy atom. The van der Waals surface area contributed by atoms with Gasteiger partial charge in [0.1, 0.15) is 6.54 Å². The second kappa shape index (κ2) is 6.60. The van der Waals surface area contributed by atoms with Gasteiger partial charge < -0.3 is 9.73 Å². The first-order valence-corrected chi connectivity index (χ1v) is 7.82. The Morgan fingerprint density at radius 1 is 1.15 bits per heavy atom. The second-order valence-electron chi connectivity index (χ2n) is 5.54. The molecule has 0 radical (unpaired) electrons. The molecule has 0 saturated heterocycles. The normalized spacial score (nSPS) is 10.8. The van der Waals surface area contributed by atoms with E-state index in [1.165, 1.54) is 17.2 Å². The number of para-hydroxylation sites is 2. The molecule has 0 atom stereocenters. The van der Waals surface area contributed by atoms with E-state index in [9.17, 15) is 9.59 Å². The van der Waals surface area contributed by atoms with Crippen molar-refractivity contribution in [1.82, 2.24) is 19.7 Å². The SMILES string of the molecule is O=C(Cn1c(=O)cnc2ccccc21)Nc1cccc(-c2nnco2)c1. The molecule has 26 heavy (non-hydrogen) atoms. The van der Waals surface area contributed by atoms with Crippen molar-refractivity contribution in [3.8, 4) is 11.5 Å². The van der Waals surface area contributed by atoms with Gasteiger partial charge in [-0.2, -0.15) is 0 Å². The van der Waals surface area contributed by atoms with Crippen LogP contribution < -0.4 is 10.9 Å². The number of carbonyl (C=O) groups excluding carboxylic acids is 1. The number of hydrogen-bond acceptors (Lipinski definition) is 6. The van der Waals surface area contributed by atoms with Crippen LogP contribution in [0.25, 0.3) is 22.5 Å². The van der Waals surface area contributed by atoms with Crippen LogP contribution in [-0.4, -0.2) is 25.7 Å². The van der Waals surface area contributed by atoms with Crippen molar-refractivity contribution in [2.45, 2.75) is 6.54 Å². The van der Waals surface area contributed by atoms with Crippen molar-refractivity contribution in [3.05, 3.63) is 71.5 Å². The summed E-state index contributed by atoms with van der Waals surface area (Å²) in [6.45, 7) is -0.118. The maximum atomic E-state index is 12.4. The molecule has 0 aliphatic heterocycles. The van der Waals surface area contributed by atoms with Crippen LogP contribution in [-0.2, 0) is 11.3 Å². The van der Waals surface area contributed by atoms with E-state index in [0.717, 1.165) is 0 Å². The van der Waals surface area contributed by atoms with Crippen molar-refractivity contribution in [1.29, 1.82) is 0 Å². The highest BCUT2D eigenvalue weighted by molar-refractivity contribution is 5.92. The van der Waals surface area contributed by atoms with Crippen LogP contribution in [0.5, 0.6) is 0 Å². The largest absolute Gasteiger partial charge is 0.423 e. The van der Waals surface area contributed by atoms with Gasteiger partial charge in [-0.15, -0.1) is 10.2 Å². The zero-order valence-corrected chi connectivity index (χ0v) is 13.5. The third kappa shape index (κ3) is 3.07. The predicted molar refractivity (Wildman–Crippen MR) is 94.4 cm³/mol. The highest BCUT2D eigenvalue weighted by atomic mass is 16.4. The highest BCUT2D eigenvalue weighted by Crippen LogP contribution is 2.20. The highest BCUT2D eigenvalue weighted by Gasteiger charge is 2.10. The lowest BCUT2D eigenvalue weighted by Crippen LogP contribution is -2.27. The number of fused-ring (bicyclic) bond motifs is 1. The molecule has 8 heteroatoms. The van der Waals surface area contributed by atoms with Gasteiger partial charge in [0.2, 0.25) is 18.2 Å². The van der Waals surface area contributed by atoms with E-state index >= 15 is 0 Å². The van der Waals surface area contributed by atoms with Crippen molar-refractivity contribution < 1.29 is 9.21 Å². The van der Waals surface area contributed by atoms with Gasteiger partial charge in [0.25, 0.3) is 5.56 Å². The van der Waals surface area contributed by atoms with Crippen molar-refractivity contribution in [3.63, 3.8) is 0 Å². The Kier molecular flexibility index (Phi) is 3.98. The second-order valence-corrected chi connectivity index (χ2v) is 5.54. The molecule has 0 bridgehead atoms. The van der Waals surface area contributed by atoms with Crippen LogP contribution in [0.3, 0.4) is 0 Å². The van der Waals surface area contributed by atoms with E-state index in [1.54, 1.807) is 42.5 Å². The fourth-order valence-electron chi connectivity index (χ4n) is 2.65. The molecule has 1 amide bonds. The molecule has 128 valence electrons. The Hall–Kier alpha value is -3.81. The van der Waals surface area contributed by atoms with Gasteiger partial charge in [0.15, 0.2) is 0 Å². The molecule has 1 N–H and O–H groups in total. The minimum Gasteiger partial charge on any atom is -0.423 e. The van der Waals surface area contributed by atoms with Gasteiger partial charge in [0, 0.05) is 11.3 Å². The number of carbonyl (C=O) groups is 1. The number of rotatable bonds is 4. The molecule has 0 saturated carbocycles. The smallest absolute Gasteiger partial charge is 0.269 e. The van der Waals surface area contributed by atoms with E-state index in [1.807, 2.05) is 6.07 Å². The Labute approximate surface area is 147 Å². The number of anilines is 1. The number of amides is 1. The van der Waals surface area contributed by atoms with Crippen molar-refractivity contribution in [2.24, 2.45) is 0 Å². The van der Waals surface area contributed by atoms with Gasteiger partial charge >= 0.3 is 0 Å². The maximum absolute atomic E-state index is 12.4. The predicted octanol–water partition coefficient (Wildman–Crippen LogP) is 2.09. The lowest BCUT2D eigenvalue weighted by molar-refractivity contribution is -0.116. The molecule has 8 nitrogen and oxygen atoms in total. The third-order valence-electron chi connectivity index (χ3n) is 3.81. The molecule has 2 aromatic carbocycles. The summed E-state index contributed by atoms with van der Waals surface area (Å²) >= 11 is 0. The molecule has 4 rings (SSSR count). The quantitative estimate of drug-likeness (QED) is 0.606. The van der Waals surface area contributed by atoms with E-state index in [4.69, 9.17) is 4.42 Å². The van der Waals surface area contributed by atoms with Crippen LogP contribution >= 0.6 is 0 Å². The Bertz CT molecular complexity index is 1130. The first-order chi connectivity index (χ1) is 12.7. The first-order valence-electron chi connectivity index (χ1n) is 7.82. The molecule has 0 aliphatic rings. The van der Waals surface area contributed by atoms with Crippen LogP contribution in [0.4, 0.5) is 5.69 Å². The fourth-order valence-corrected chi connectivity index (χ4v) is 2.65. The Morgan fingerprint density at radius 2 is 2.04 bits per heavy atom. The summed E-state index contributed by atoms with van der Waals surface area (Å²) in [5.41, 5.74) is 2.18. The molecule has 2 heterocycles. The lowest BCUT2D eigenvalue weighted by Gasteiger charge is -2.10. The van der Waals surface area contributed by atoms with E-state index in [2.05, 4.69) is 20.5 Å². The Balaban J connectivity index is 1.58. The van der Waals surface area contributed by atoms with Gasteiger partial charge in [-0.1, -0.05) is 18.2 Å². The van der Waals surface area contributed by atoms with Crippen molar-refractivity contribution >= 4 is 22.6 Å². The topological polar surface area (TPSA) is 103 Å². The molecule has 0 fully saturated rings. The summed E-state index contributed by atoms with van der Waals surface area (Å²) in [5.74, 6) is 0.0311. The van der Waals surface area contributed by atoms with Crippen molar-refractivity contribution in [2.75, 3.05) is 5.32 Å². The maximum Gasteiger partial charge on any atom is 0.269 e. The minimum absolute atomic E-state index is 0.118. The third-order valence-corrected chi connectivity index (χ3v) is 3.81. The van der Waals surface area contributed by atoms with E-state index in [0.29, 0.717) is 28.2 Å². The number of hydrogen-bond donors (Lipinski definition) is 1. The number of aromatic nitrogens is 4. The molecular formula is C18H13N5O3. The van der Waals surface area contributed by atoms with Gasteiger partial charge in [-0.3, -0.25) is 14.2 Å². The molecule has 0 unspecified atom stereocenters. The molecular weight excluding hydrogens is 334 g/mol. The lowest BCUT2D eigenvalue weighted by atomic mass is 10.2. The average Bonchev–Trinajstić information content (AvgIpc) is 3.19. The number of benzene rings is 2. The molecule has 0 aliphatic carbocycles. The molecule has 4 aromatic rings. The average molecular weight is 347 g/mol. The minimum atomic E-state index is -0.335. The molecule has 0 spiro atoms. The summed E-state index contributed by atoms with van der Waals surface area (Å²) in [4.78, 5) is 28.6. The standard InChI is InChI=1S/C18H13N5O3/c24-16(10-23-15-7-2-1-6-14(15)19-9-17(23)25)21-13-5-3-4-12(8-13)18-22-20-11-26-18/h1-9,11H,10H2,(H,21,24). The van der Waals surface area contributed by atoms with Crippen LogP contribution in [0, 0.1) is 0 Å². The summed E-state index contributed by atoms with van der Waals surface area (Å²) in [6.07, 6.45) is 2.45. The molecule has 2 aromatic heterocycles. The summed E-state index contributed by atoms with van der Waals surface area (Å²) in [5, 5.41) is 10.2. The number of nitrogens with zero attached hydrogens (tertiary/aromatic N) is 4. The van der Waals surface area contributed by atoms with Crippen LogP contribution in [0.1, 0.15) is 0 Å². The van der Waals surface area contributed by atoms with Crippen LogP contribution in [0.15, 0.2) is 70.3 Å². The van der Waals surface area contributed by atoms with E-state index < -0.39 is 0 Å². The summed E-state index contributed by atoms with van der Waals surface area (Å²) < 4.78 is 6.54. The fraction of sp³-hybridized carbons (Fsp3) is 0.0556. The van der Waals surface area contributed by atoms with Crippen LogP contribution in [0.2, 0.25) is 0 Å². The monoisotopic (exact) mass is 347 g/mol. The van der Waals surface area contributed by atoms with Gasteiger partial charge in [-0.05, 0) is 30.3 Å². The summed E-state index contributed by atoms with van der Waals surface area (Å²) in [7, 11) is 0. The zero-order chi connectivity index (χ0) is 17.9. The van der Waals surface area contributed by atoms with Gasteiger partial charge in [-0.25, -0.2) is 4.98 Å². The zero-order valence-electron chi connectivity index (χ0n) is 13.5. The van der Waals surface area contributed by atoms with Gasteiger partial charge in [0.05, 0.1) is 17.2 Å². The van der Waals surface area contributed by atoms with E-state index in [-0.39, 0.29) is 18.0 Å².